The first-order valence-corrected chi connectivity index (χ1v) is 10.5. The number of carbonyl (C=O) groups is 1. The maximum absolute atomic E-state index is 12.1. The summed E-state index contributed by atoms with van der Waals surface area (Å²) in [5.74, 6) is 1.29. The summed E-state index contributed by atoms with van der Waals surface area (Å²) in [6.45, 7) is 8.59. The molecule has 1 aliphatic heterocycles. The second-order valence-corrected chi connectivity index (χ2v) is 7.84. The minimum Gasteiger partial charge on any atom is -0.493 e. The number of hydrogen-bond donors (Lipinski definition) is 1. The summed E-state index contributed by atoms with van der Waals surface area (Å²) in [5.41, 5.74) is 2.58. The van der Waals surface area contributed by atoms with Crippen molar-refractivity contribution < 1.29 is 14.3 Å². The van der Waals surface area contributed by atoms with Gasteiger partial charge in [0.15, 0.2) is 0 Å². The minimum absolute atomic E-state index is 0.00687. The van der Waals surface area contributed by atoms with Crippen LogP contribution in [0.3, 0.4) is 0 Å². The quantitative estimate of drug-likeness (QED) is 0.704. The first kappa shape index (κ1) is 21.3. The number of rotatable bonds is 9. The molecule has 1 unspecified atom stereocenters. The number of carbonyl (C=O) groups excluding carboxylic acids is 1. The van der Waals surface area contributed by atoms with Gasteiger partial charge in [-0.1, -0.05) is 56.3 Å². The Morgan fingerprint density at radius 2 is 1.93 bits per heavy atom. The normalized spacial score (nSPS) is 17.3. The van der Waals surface area contributed by atoms with E-state index in [1.54, 1.807) is 0 Å². The summed E-state index contributed by atoms with van der Waals surface area (Å²) in [4.78, 5) is 14.5. The number of amides is 1. The average Bonchev–Trinajstić information content (AvgIpc) is 2.74. The van der Waals surface area contributed by atoms with Crippen LogP contribution in [0.2, 0.25) is 0 Å². The van der Waals surface area contributed by atoms with Crippen LogP contribution in [0.5, 0.6) is 5.75 Å². The summed E-state index contributed by atoms with van der Waals surface area (Å²) >= 11 is 0. The van der Waals surface area contributed by atoms with Crippen LogP contribution in [0.25, 0.3) is 0 Å². The van der Waals surface area contributed by atoms with Gasteiger partial charge in [-0.15, -0.1) is 0 Å². The molecule has 1 heterocycles. The summed E-state index contributed by atoms with van der Waals surface area (Å²) in [5, 5.41) is 2.98. The fourth-order valence-electron chi connectivity index (χ4n) is 3.42. The molecule has 0 saturated carbocycles. The van der Waals surface area contributed by atoms with E-state index in [1.807, 2.05) is 18.2 Å². The number of benzene rings is 2. The van der Waals surface area contributed by atoms with E-state index in [0.29, 0.717) is 32.1 Å². The zero-order valence-corrected chi connectivity index (χ0v) is 17.5. The molecule has 1 fully saturated rings. The highest BCUT2D eigenvalue weighted by atomic mass is 16.5. The molecular formula is C24H32N2O3. The average molecular weight is 397 g/mol. The van der Waals surface area contributed by atoms with Gasteiger partial charge in [0.05, 0.1) is 25.7 Å². The van der Waals surface area contributed by atoms with Crippen LogP contribution < -0.4 is 10.1 Å². The van der Waals surface area contributed by atoms with Crippen LogP contribution in [-0.4, -0.2) is 49.8 Å². The van der Waals surface area contributed by atoms with Gasteiger partial charge in [0.25, 0.3) is 0 Å². The lowest BCUT2D eigenvalue weighted by atomic mass is 10.0. The minimum atomic E-state index is -0.00687. The number of hydrogen-bond acceptors (Lipinski definition) is 4. The largest absolute Gasteiger partial charge is 0.493 e. The lowest BCUT2D eigenvalue weighted by Crippen LogP contribution is -2.47. The van der Waals surface area contributed by atoms with Crippen LogP contribution in [0.4, 0.5) is 0 Å². The predicted molar refractivity (Wildman–Crippen MR) is 115 cm³/mol. The van der Waals surface area contributed by atoms with Crippen LogP contribution in [-0.2, 0) is 16.1 Å². The van der Waals surface area contributed by atoms with Gasteiger partial charge in [0.2, 0.25) is 5.91 Å². The highest BCUT2D eigenvalue weighted by Crippen LogP contribution is 2.18. The van der Waals surface area contributed by atoms with Crippen LogP contribution in [0, 0.1) is 0 Å². The van der Waals surface area contributed by atoms with E-state index in [4.69, 9.17) is 9.47 Å². The lowest BCUT2D eigenvalue weighted by molar-refractivity contribution is -0.122. The van der Waals surface area contributed by atoms with Gasteiger partial charge in [-0.25, -0.2) is 0 Å². The second kappa shape index (κ2) is 11.0. The van der Waals surface area contributed by atoms with Gasteiger partial charge in [-0.05, 0) is 29.2 Å². The summed E-state index contributed by atoms with van der Waals surface area (Å²) in [7, 11) is 0. The summed E-state index contributed by atoms with van der Waals surface area (Å²) < 4.78 is 11.5. The fraction of sp³-hybridized carbons (Fsp3) is 0.458. The summed E-state index contributed by atoms with van der Waals surface area (Å²) in [6.07, 6.45) is 0.368. The molecular weight excluding hydrogens is 364 g/mol. The molecule has 0 spiro atoms. The highest BCUT2D eigenvalue weighted by Gasteiger charge is 2.21. The molecule has 29 heavy (non-hydrogen) atoms. The van der Waals surface area contributed by atoms with Crippen LogP contribution >= 0.6 is 0 Å². The Hall–Kier alpha value is -2.37. The molecule has 0 radical (unpaired) electrons. The Bertz CT molecular complexity index is 746. The molecule has 1 N–H and O–H groups in total. The molecule has 1 atom stereocenters. The fourth-order valence-corrected chi connectivity index (χ4v) is 3.42. The number of nitrogens with zero attached hydrogens (tertiary/aromatic N) is 1. The van der Waals surface area contributed by atoms with Gasteiger partial charge in [0.1, 0.15) is 5.75 Å². The van der Waals surface area contributed by atoms with E-state index < -0.39 is 0 Å². The highest BCUT2D eigenvalue weighted by molar-refractivity contribution is 5.76. The Balaban J connectivity index is 1.33. The van der Waals surface area contributed by atoms with E-state index in [9.17, 15) is 4.79 Å². The van der Waals surface area contributed by atoms with E-state index in [-0.39, 0.29) is 12.0 Å². The van der Waals surface area contributed by atoms with E-state index in [1.165, 1.54) is 11.1 Å². The van der Waals surface area contributed by atoms with E-state index in [2.05, 4.69) is 60.5 Å². The smallest absolute Gasteiger partial charge is 0.223 e. The van der Waals surface area contributed by atoms with Crippen LogP contribution in [0.1, 0.15) is 37.3 Å². The van der Waals surface area contributed by atoms with E-state index in [0.717, 1.165) is 25.4 Å². The van der Waals surface area contributed by atoms with Crippen molar-refractivity contribution in [1.29, 1.82) is 0 Å². The third kappa shape index (κ3) is 7.18. The molecule has 1 saturated heterocycles. The van der Waals surface area contributed by atoms with Crippen molar-refractivity contribution in [2.45, 2.75) is 38.8 Å². The van der Waals surface area contributed by atoms with Gasteiger partial charge >= 0.3 is 0 Å². The van der Waals surface area contributed by atoms with Gasteiger partial charge < -0.3 is 14.8 Å². The van der Waals surface area contributed by atoms with Gasteiger partial charge in [0, 0.05) is 26.2 Å². The topological polar surface area (TPSA) is 50.8 Å². The predicted octanol–water partition coefficient (Wildman–Crippen LogP) is 3.60. The van der Waals surface area contributed by atoms with Crippen molar-refractivity contribution in [3.63, 3.8) is 0 Å². The molecule has 0 aliphatic carbocycles. The lowest BCUT2D eigenvalue weighted by Gasteiger charge is -2.33. The molecule has 0 bridgehead atoms. The second-order valence-electron chi connectivity index (χ2n) is 7.84. The zero-order chi connectivity index (χ0) is 20.5. The number of ether oxygens (including phenoxy) is 2. The van der Waals surface area contributed by atoms with Gasteiger partial charge in [-0.3, -0.25) is 9.69 Å². The van der Waals surface area contributed by atoms with Crippen molar-refractivity contribution in [2.75, 3.05) is 32.8 Å². The zero-order valence-electron chi connectivity index (χ0n) is 17.5. The maximum Gasteiger partial charge on any atom is 0.223 e. The summed E-state index contributed by atoms with van der Waals surface area (Å²) in [6, 6.07) is 18.5. The standard InChI is InChI=1S/C24H32N2O3/c1-19(2)21-8-10-22(11-9-21)28-14-12-24(27)25-16-23-18-26(13-15-29-23)17-20-6-4-3-5-7-20/h3-11,19,23H,12-18H2,1-2H3,(H,25,27). The van der Waals surface area contributed by atoms with Gasteiger partial charge in [-0.2, -0.15) is 0 Å². The molecule has 0 aromatic heterocycles. The third-order valence-corrected chi connectivity index (χ3v) is 5.14. The number of nitrogens with one attached hydrogen (secondary N) is 1. The Morgan fingerprint density at radius 1 is 1.17 bits per heavy atom. The molecule has 1 amide bonds. The molecule has 3 rings (SSSR count). The van der Waals surface area contributed by atoms with E-state index >= 15 is 0 Å². The molecule has 5 nitrogen and oxygen atoms in total. The molecule has 1 aliphatic rings. The van der Waals surface area contributed by atoms with Crippen molar-refractivity contribution in [2.24, 2.45) is 0 Å². The monoisotopic (exact) mass is 396 g/mol. The Kier molecular flexibility index (Phi) is 8.08. The third-order valence-electron chi connectivity index (χ3n) is 5.14. The SMILES string of the molecule is CC(C)c1ccc(OCCC(=O)NCC2CN(Cc3ccccc3)CCO2)cc1. The number of morpholine rings is 1. The van der Waals surface area contributed by atoms with Crippen molar-refractivity contribution in [3.05, 3.63) is 65.7 Å². The first-order chi connectivity index (χ1) is 14.1. The van der Waals surface area contributed by atoms with Crippen molar-refractivity contribution in [1.82, 2.24) is 10.2 Å². The maximum atomic E-state index is 12.1. The molecule has 2 aromatic carbocycles. The first-order valence-electron chi connectivity index (χ1n) is 10.5. The molecule has 2 aromatic rings. The Morgan fingerprint density at radius 3 is 2.66 bits per heavy atom. The van der Waals surface area contributed by atoms with Crippen molar-refractivity contribution in [3.8, 4) is 5.75 Å². The Labute approximate surface area is 174 Å². The van der Waals surface area contributed by atoms with Crippen molar-refractivity contribution >= 4 is 5.91 Å². The van der Waals surface area contributed by atoms with Crippen LogP contribution in [0.15, 0.2) is 54.6 Å². The molecule has 5 heteroatoms. The molecule has 156 valence electrons.